The highest BCUT2D eigenvalue weighted by Gasteiger charge is 2.15. The summed E-state index contributed by atoms with van der Waals surface area (Å²) in [5.41, 5.74) is 8.17. The second kappa shape index (κ2) is 7.62. The van der Waals surface area contributed by atoms with Gasteiger partial charge in [0.05, 0.1) is 13.2 Å². The molecule has 4 heteroatoms. The van der Waals surface area contributed by atoms with Crippen molar-refractivity contribution in [3.05, 3.63) is 29.8 Å². The van der Waals surface area contributed by atoms with Crippen LogP contribution < -0.4 is 5.73 Å². The van der Waals surface area contributed by atoms with E-state index < -0.39 is 0 Å². The minimum Gasteiger partial charge on any atom is -0.398 e. The monoisotopic (exact) mass is 277 g/mol. The van der Waals surface area contributed by atoms with Crippen LogP contribution in [0.1, 0.15) is 19.4 Å². The van der Waals surface area contributed by atoms with E-state index in [1.54, 1.807) is 0 Å². The van der Waals surface area contributed by atoms with Gasteiger partial charge in [0, 0.05) is 44.5 Å². The number of ether oxygens (including phenoxy) is 1. The molecule has 0 unspecified atom stereocenters. The number of benzene rings is 1. The Morgan fingerprint density at radius 2 is 1.95 bits per heavy atom. The average molecular weight is 277 g/mol. The van der Waals surface area contributed by atoms with Crippen LogP contribution in [-0.4, -0.2) is 55.2 Å². The van der Waals surface area contributed by atoms with Gasteiger partial charge in [-0.05, 0) is 25.5 Å². The molecule has 0 spiro atoms. The second-order valence-corrected chi connectivity index (χ2v) is 5.72. The summed E-state index contributed by atoms with van der Waals surface area (Å²) in [7, 11) is 0. The van der Waals surface area contributed by atoms with Crippen molar-refractivity contribution < 1.29 is 4.74 Å². The Kier molecular flexibility index (Phi) is 5.83. The van der Waals surface area contributed by atoms with Crippen LogP contribution in [0.25, 0.3) is 0 Å². The molecule has 0 aliphatic carbocycles. The number of para-hydroxylation sites is 1. The number of nitrogens with two attached hydrogens (primary N) is 1. The Hall–Kier alpha value is -1.10. The fraction of sp³-hybridized carbons (Fsp3) is 0.625. The number of anilines is 1. The maximum absolute atomic E-state index is 6.05. The van der Waals surface area contributed by atoms with E-state index in [4.69, 9.17) is 10.5 Å². The summed E-state index contributed by atoms with van der Waals surface area (Å²) in [6.07, 6.45) is 0. The fourth-order valence-corrected chi connectivity index (χ4v) is 2.51. The predicted octanol–water partition coefficient (Wildman–Crippen LogP) is 1.81. The van der Waals surface area contributed by atoms with Gasteiger partial charge in [0.25, 0.3) is 0 Å². The first kappa shape index (κ1) is 15.3. The Bertz CT molecular complexity index is 402. The van der Waals surface area contributed by atoms with Crippen LogP contribution in [0.4, 0.5) is 5.69 Å². The van der Waals surface area contributed by atoms with E-state index in [1.165, 1.54) is 5.56 Å². The van der Waals surface area contributed by atoms with Crippen LogP contribution in [0, 0.1) is 0 Å². The zero-order valence-electron chi connectivity index (χ0n) is 12.7. The van der Waals surface area contributed by atoms with E-state index in [0.717, 1.165) is 51.6 Å². The van der Waals surface area contributed by atoms with E-state index in [0.29, 0.717) is 6.04 Å². The smallest absolute Gasteiger partial charge is 0.0594 e. The van der Waals surface area contributed by atoms with E-state index in [-0.39, 0.29) is 0 Å². The van der Waals surface area contributed by atoms with E-state index in [2.05, 4.69) is 35.8 Å². The molecule has 20 heavy (non-hydrogen) atoms. The van der Waals surface area contributed by atoms with Crippen LogP contribution in [0.5, 0.6) is 0 Å². The highest BCUT2D eigenvalue weighted by atomic mass is 16.5. The van der Waals surface area contributed by atoms with Gasteiger partial charge in [0.2, 0.25) is 0 Å². The molecule has 1 aliphatic rings. The van der Waals surface area contributed by atoms with Crippen LogP contribution >= 0.6 is 0 Å². The minimum absolute atomic E-state index is 0.524. The molecule has 0 radical (unpaired) electrons. The normalized spacial score (nSPS) is 17.0. The molecular weight excluding hydrogens is 250 g/mol. The number of nitrogens with zero attached hydrogens (tertiary/aromatic N) is 2. The standard InChI is InChI=1S/C16H27N3O/c1-14(2)19(8-7-18-9-11-20-12-10-18)13-15-5-3-4-6-16(15)17/h3-6,14H,7-13,17H2,1-2H3. The van der Waals surface area contributed by atoms with Gasteiger partial charge in [0.15, 0.2) is 0 Å². The lowest BCUT2D eigenvalue weighted by atomic mass is 10.1. The van der Waals surface area contributed by atoms with E-state index >= 15 is 0 Å². The van der Waals surface area contributed by atoms with Gasteiger partial charge in [0.1, 0.15) is 0 Å². The zero-order valence-corrected chi connectivity index (χ0v) is 12.7. The maximum atomic E-state index is 6.05. The minimum atomic E-state index is 0.524. The second-order valence-electron chi connectivity index (χ2n) is 5.72. The number of morpholine rings is 1. The number of rotatable bonds is 6. The van der Waals surface area contributed by atoms with Gasteiger partial charge in [-0.2, -0.15) is 0 Å². The molecule has 0 amide bonds. The lowest BCUT2D eigenvalue weighted by Gasteiger charge is -2.32. The molecule has 1 aliphatic heterocycles. The Balaban J connectivity index is 1.88. The van der Waals surface area contributed by atoms with Crippen LogP contribution in [0.15, 0.2) is 24.3 Å². The molecule has 1 heterocycles. The van der Waals surface area contributed by atoms with Gasteiger partial charge >= 0.3 is 0 Å². The third kappa shape index (κ3) is 4.47. The molecule has 1 saturated heterocycles. The van der Waals surface area contributed by atoms with Crippen molar-refractivity contribution in [2.24, 2.45) is 0 Å². The van der Waals surface area contributed by atoms with E-state index in [1.807, 2.05) is 12.1 Å². The molecule has 2 rings (SSSR count). The summed E-state index contributed by atoms with van der Waals surface area (Å²) in [4.78, 5) is 4.97. The molecule has 1 fully saturated rings. The summed E-state index contributed by atoms with van der Waals surface area (Å²) in [5, 5.41) is 0. The van der Waals surface area contributed by atoms with Gasteiger partial charge in [-0.25, -0.2) is 0 Å². The third-order valence-electron chi connectivity index (χ3n) is 3.97. The molecule has 112 valence electrons. The number of hydrogen-bond acceptors (Lipinski definition) is 4. The van der Waals surface area contributed by atoms with Crippen LogP contribution in [-0.2, 0) is 11.3 Å². The first-order chi connectivity index (χ1) is 9.66. The molecule has 1 aromatic rings. The van der Waals surface area contributed by atoms with Crippen LogP contribution in [0.3, 0.4) is 0 Å². The Morgan fingerprint density at radius 1 is 1.25 bits per heavy atom. The van der Waals surface area contributed by atoms with Crippen molar-refractivity contribution in [2.45, 2.75) is 26.4 Å². The van der Waals surface area contributed by atoms with E-state index in [9.17, 15) is 0 Å². The largest absolute Gasteiger partial charge is 0.398 e. The van der Waals surface area contributed by atoms with Crippen LogP contribution in [0.2, 0.25) is 0 Å². The van der Waals surface area contributed by atoms with Crippen molar-refractivity contribution in [1.29, 1.82) is 0 Å². The summed E-state index contributed by atoms with van der Waals surface area (Å²) < 4.78 is 5.39. The topological polar surface area (TPSA) is 41.7 Å². The molecule has 1 aromatic carbocycles. The predicted molar refractivity (Wildman–Crippen MR) is 83.7 cm³/mol. The quantitative estimate of drug-likeness (QED) is 0.805. The van der Waals surface area contributed by atoms with Gasteiger partial charge in [-0.3, -0.25) is 9.80 Å². The van der Waals surface area contributed by atoms with Crippen molar-refractivity contribution in [3.63, 3.8) is 0 Å². The first-order valence-electron chi connectivity index (χ1n) is 7.54. The summed E-state index contributed by atoms with van der Waals surface area (Å²) in [6, 6.07) is 8.68. The molecule has 4 nitrogen and oxygen atoms in total. The number of nitrogen functional groups attached to an aromatic ring is 1. The van der Waals surface area contributed by atoms with Crippen molar-refractivity contribution >= 4 is 5.69 Å². The summed E-state index contributed by atoms with van der Waals surface area (Å²) >= 11 is 0. The SMILES string of the molecule is CC(C)N(CCN1CCOCC1)Cc1ccccc1N. The lowest BCUT2D eigenvalue weighted by Crippen LogP contribution is -2.43. The van der Waals surface area contributed by atoms with Crippen molar-refractivity contribution in [2.75, 3.05) is 45.1 Å². The molecule has 2 N–H and O–H groups in total. The van der Waals surface area contributed by atoms with Crippen molar-refractivity contribution in [1.82, 2.24) is 9.80 Å². The molecular formula is C16H27N3O. The third-order valence-corrected chi connectivity index (χ3v) is 3.97. The molecule has 0 aromatic heterocycles. The lowest BCUT2D eigenvalue weighted by molar-refractivity contribution is 0.0311. The average Bonchev–Trinajstić information content (AvgIpc) is 2.46. The molecule has 0 atom stereocenters. The Morgan fingerprint density at radius 3 is 2.60 bits per heavy atom. The molecule has 0 saturated carbocycles. The zero-order chi connectivity index (χ0) is 14.4. The number of hydrogen-bond donors (Lipinski definition) is 1. The van der Waals surface area contributed by atoms with Gasteiger partial charge in [-0.15, -0.1) is 0 Å². The molecule has 0 bridgehead atoms. The summed E-state index contributed by atoms with van der Waals surface area (Å²) in [6.45, 7) is 11.4. The highest BCUT2D eigenvalue weighted by molar-refractivity contribution is 5.46. The first-order valence-corrected chi connectivity index (χ1v) is 7.54. The van der Waals surface area contributed by atoms with Crippen molar-refractivity contribution in [3.8, 4) is 0 Å². The highest BCUT2D eigenvalue weighted by Crippen LogP contribution is 2.15. The maximum Gasteiger partial charge on any atom is 0.0594 e. The Labute approximate surface area is 122 Å². The summed E-state index contributed by atoms with van der Waals surface area (Å²) in [5.74, 6) is 0. The fourth-order valence-electron chi connectivity index (χ4n) is 2.51. The van der Waals surface area contributed by atoms with Gasteiger partial charge in [-0.1, -0.05) is 18.2 Å². The van der Waals surface area contributed by atoms with Gasteiger partial charge < -0.3 is 10.5 Å².